The molecule has 3 N–H and O–H groups in total. The Morgan fingerprint density at radius 2 is 1.96 bits per heavy atom. The van der Waals surface area contributed by atoms with E-state index in [-0.39, 0.29) is 23.0 Å². The number of nitrogens with one attached hydrogen (secondary N) is 2. The summed E-state index contributed by atoms with van der Waals surface area (Å²) in [7, 11) is 1.42. The number of urea groups is 1. The van der Waals surface area contributed by atoms with E-state index in [1.54, 1.807) is 19.1 Å². The number of halogens is 1. The van der Waals surface area contributed by atoms with Crippen LogP contribution in [-0.2, 0) is 9.53 Å². The summed E-state index contributed by atoms with van der Waals surface area (Å²) < 4.78 is 11.2. The van der Waals surface area contributed by atoms with Crippen molar-refractivity contribution in [3.63, 3.8) is 0 Å². The molecule has 0 saturated heterocycles. The minimum absolute atomic E-state index is 0.0623. The van der Waals surface area contributed by atoms with Crippen LogP contribution >= 0.6 is 15.9 Å². The van der Waals surface area contributed by atoms with Gasteiger partial charge < -0.3 is 25.2 Å². The van der Waals surface area contributed by atoms with Crippen molar-refractivity contribution in [1.82, 2.24) is 10.6 Å². The molecule has 0 unspecified atom stereocenters. The van der Waals surface area contributed by atoms with Crippen LogP contribution in [0.1, 0.15) is 46.2 Å². The van der Waals surface area contributed by atoms with Gasteiger partial charge in [-0.3, -0.25) is 0 Å². The molecule has 8 heteroatoms. The van der Waals surface area contributed by atoms with Crippen molar-refractivity contribution in [2.24, 2.45) is 5.41 Å². The molecular formula is C19H25BrN2O5. The van der Waals surface area contributed by atoms with Crippen molar-refractivity contribution in [2.45, 2.75) is 46.8 Å². The number of phenolic OH excluding ortho intramolecular Hbond substituents is 1. The van der Waals surface area contributed by atoms with Crippen LogP contribution in [0.2, 0.25) is 0 Å². The Hall–Kier alpha value is -2.22. The molecule has 0 aromatic heterocycles. The first-order valence-corrected chi connectivity index (χ1v) is 9.30. The predicted molar refractivity (Wildman–Crippen MR) is 104 cm³/mol. The number of rotatable bonds is 4. The molecule has 1 aliphatic rings. The molecule has 0 fully saturated rings. The van der Waals surface area contributed by atoms with Crippen LogP contribution in [0, 0.1) is 5.41 Å². The topological polar surface area (TPSA) is 96.9 Å². The van der Waals surface area contributed by atoms with E-state index in [0.29, 0.717) is 21.3 Å². The van der Waals surface area contributed by atoms with E-state index in [2.05, 4.69) is 26.6 Å². The Kier molecular flexibility index (Phi) is 6.09. The number of ether oxygens (including phenoxy) is 2. The average molecular weight is 441 g/mol. The SMILES string of the molecule is COc1cc([C@H]2NC(=O)NC(C)=C2C(=O)O[C@@H](C)C(C)(C)C)cc(Br)c1O. The van der Waals surface area contributed by atoms with Gasteiger partial charge in [-0.25, -0.2) is 9.59 Å². The minimum Gasteiger partial charge on any atom is -0.503 e. The molecule has 148 valence electrons. The first-order chi connectivity index (χ1) is 12.5. The average Bonchev–Trinajstić information content (AvgIpc) is 2.55. The summed E-state index contributed by atoms with van der Waals surface area (Å²) in [6, 6.07) is 2.02. The van der Waals surface area contributed by atoms with Gasteiger partial charge >= 0.3 is 12.0 Å². The van der Waals surface area contributed by atoms with Gasteiger partial charge in [-0.15, -0.1) is 0 Å². The molecule has 1 aromatic carbocycles. The zero-order valence-corrected chi connectivity index (χ0v) is 17.9. The van der Waals surface area contributed by atoms with E-state index in [1.165, 1.54) is 7.11 Å². The molecule has 1 heterocycles. The Morgan fingerprint density at radius 1 is 1.33 bits per heavy atom. The maximum Gasteiger partial charge on any atom is 0.338 e. The van der Waals surface area contributed by atoms with Crippen molar-refractivity contribution in [3.8, 4) is 11.5 Å². The van der Waals surface area contributed by atoms with Crippen molar-refractivity contribution in [1.29, 1.82) is 0 Å². The summed E-state index contributed by atoms with van der Waals surface area (Å²) in [6.07, 6.45) is -0.329. The number of carbonyl (C=O) groups excluding carboxylic acids is 2. The summed E-state index contributed by atoms with van der Waals surface area (Å²) >= 11 is 3.27. The van der Waals surface area contributed by atoms with Gasteiger partial charge in [0, 0.05) is 5.70 Å². The first-order valence-electron chi connectivity index (χ1n) is 8.51. The van der Waals surface area contributed by atoms with Crippen LogP contribution in [0.5, 0.6) is 11.5 Å². The Labute approximate surface area is 167 Å². The number of allylic oxidation sites excluding steroid dienone is 1. The van der Waals surface area contributed by atoms with E-state index in [4.69, 9.17) is 9.47 Å². The third-order valence-electron chi connectivity index (χ3n) is 4.60. The molecule has 0 saturated carbocycles. The molecular weight excluding hydrogens is 416 g/mol. The second-order valence-corrected chi connectivity index (χ2v) is 8.39. The summed E-state index contributed by atoms with van der Waals surface area (Å²) in [5.41, 5.74) is 1.06. The summed E-state index contributed by atoms with van der Waals surface area (Å²) in [5.74, 6) is -0.358. The number of aromatic hydroxyl groups is 1. The fraction of sp³-hybridized carbons (Fsp3) is 0.474. The number of esters is 1. The van der Waals surface area contributed by atoms with Crippen LogP contribution in [0.3, 0.4) is 0 Å². The van der Waals surface area contributed by atoms with E-state index >= 15 is 0 Å². The fourth-order valence-corrected chi connectivity index (χ4v) is 2.99. The molecule has 2 amide bonds. The van der Waals surface area contributed by atoms with Crippen LogP contribution in [0.15, 0.2) is 27.9 Å². The lowest BCUT2D eigenvalue weighted by molar-refractivity contribution is -0.149. The van der Waals surface area contributed by atoms with Gasteiger partial charge in [-0.2, -0.15) is 0 Å². The number of hydrogen-bond acceptors (Lipinski definition) is 5. The van der Waals surface area contributed by atoms with Crippen molar-refractivity contribution >= 4 is 27.9 Å². The number of amides is 2. The summed E-state index contributed by atoms with van der Waals surface area (Å²) in [6.45, 7) is 9.42. The molecule has 27 heavy (non-hydrogen) atoms. The van der Waals surface area contributed by atoms with Gasteiger partial charge in [-0.05, 0) is 52.9 Å². The van der Waals surface area contributed by atoms with Crippen molar-refractivity contribution in [3.05, 3.63) is 33.4 Å². The zero-order chi connectivity index (χ0) is 20.5. The molecule has 7 nitrogen and oxygen atoms in total. The van der Waals surface area contributed by atoms with Gasteiger partial charge in [0.05, 0.1) is 23.2 Å². The number of carbonyl (C=O) groups is 2. The van der Waals surface area contributed by atoms with Crippen molar-refractivity contribution in [2.75, 3.05) is 7.11 Å². The predicted octanol–water partition coefficient (Wildman–Crippen LogP) is 3.77. The van der Waals surface area contributed by atoms with Gasteiger partial charge in [0.2, 0.25) is 0 Å². The Morgan fingerprint density at radius 3 is 2.52 bits per heavy atom. The molecule has 0 aliphatic carbocycles. The molecule has 1 aromatic rings. The van der Waals surface area contributed by atoms with Gasteiger partial charge in [0.25, 0.3) is 0 Å². The van der Waals surface area contributed by atoms with E-state index < -0.39 is 18.0 Å². The van der Waals surface area contributed by atoms with Gasteiger partial charge in [0.15, 0.2) is 11.5 Å². The normalized spacial score (nSPS) is 18.5. The molecule has 2 atom stereocenters. The molecule has 0 spiro atoms. The number of benzene rings is 1. The summed E-state index contributed by atoms with van der Waals surface area (Å²) in [4.78, 5) is 24.9. The largest absolute Gasteiger partial charge is 0.503 e. The smallest absolute Gasteiger partial charge is 0.338 e. The highest BCUT2D eigenvalue weighted by molar-refractivity contribution is 9.10. The second-order valence-electron chi connectivity index (χ2n) is 7.54. The maximum absolute atomic E-state index is 12.9. The highest BCUT2D eigenvalue weighted by Crippen LogP contribution is 2.39. The van der Waals surface area contributed by atoms with Crippen molar-refractivity contribution < 1.29 is 24.2 Å². The Bertz CT molecular complexity index is 798. The number of phenols is 1. The second kappa shape index (κ2) is 7.80. The lowest BCUT2D eigenvalue weighted by Crippen LogP contribution is -2.46. The highest BCUT2D eigenvalue weighted by atomic mass is 79.9. The first kappa shape index (κ1) is 21.1. The maximum atomic E-state index is 12.9. The lowest BCUT2D eigenvalue weighted by Gasteiger charge is -2.32. The third kappa shape index (κ3) is 4.55. The standard InChI is InChI=1S/C19H25BrN2O5/c1-9-14(17(24)27-10(2)19(3,4)5)15(22-18(25)21-9)11-7-12(20)16(23)13(8-11)26-6/h7-8,10,15,23H,1-6H3,(H2,21,22,25)/t10-,15+/m0/s1. The molecule has 1 aliphatic heterocycles. The van der Waals surface area contributed by atoms with Crippen LogP contribution < -0.4 is 15.4 Å². The lowest BCUT2D eigenvalue weighted by atomic mass is 9.90. The van der Waals surface area contributed by atoms with Crippen LogP contribution in [0.4, 0.5) is 4.79 Å². The third-order valence-corrected chi connectivity index (χ3v) is 5.20. The molecule has 2 rings (SSSR count). The van der Waals surface area contributed by atoms with Crippen LogP contribution in [-0.4, -0.2) is 30.3 Å². The Balaban J connectivity index is 2.47. The fourth-order valence-electron chi connectivity index (χ4n) is 2.53. The minimum atomic E-state index is -0.746. The summed E-state index contributed by atoms with van der Waals surface area (Å²) in [5, 5.41) is 15.4. The van der Waals surface area contributed by atoms with Gasteiger partial charge in [0.1, 0.15) is 6.10 Å². The van der Waals surface area contributed by atoms with E-state index in [1.807, 2.05) is 27.7 Å². The van der Waals surface area contributed by atoms with Crippen LogP contribution in [0.25, 0.3) is 0 Å². The molecule has 0 radical (unpaired) electrons. The van der Waals surface area contributed by atoms with E-state index in [9.17, 15) is 14.7 Å². The highest BCUT2D eigenvalue weighted by Gasteiger charge is 2.35. The quantitative estimate of drug-likeness (QED) is 0.619. The number of hydrogen-bond donors (Lipinski definition) is 3. The zero-order valence-electron chi connectivity index (χ0n) is 16.3. The monoisotopic (exact) mass is 440 g/mol. The van der Waals surface area contributed by atoms with Gasteiger partial charge in [-0.1, -0.05) is 20.8 Å². The molecule has 0 bridgehead atoms. The number of methoxy groups -OCH3 is 1. The van der Waals surface area contributed by atoms with E-state index in [0.717, 1.165) is 0 Å².